The molecule has 150 valence electrons. The summed E-state index contributed by atoms with van der Waals surface area (Å²) in [6, 6.07) is 17.7. The molecule has 29 heavy (non-hydrogen) atoms. The summed E-state index contributed by atoms with van der Waals surface area (Å²) in [6.07, 6.45) is 0.523. The summed E-state index contributed by atoms with van der Waals surface area (Å²) in [5.74, 6) is -0.359. The summed E-state index contributed by atoms with van der Waals surface area (Å²) in [7, 11) is 0. The summed E-state index contributed by atoms with van der Waals surface area (Å²) in [5.41, 5.74) is 3.46. The molecule has 4 rings (SSSR count). The average Bonchev–Trinajstić information content (AvgIpc) is 2.73. The predicted molar refractivity (Wildman–Crippen MR) is 109 cm³/mol. The van der Waals surface area contributed by atoms with Crippen LogP contribution in [-0.4, -0.2) is 16.8 Å². The van der Waals surface area contributed by atoms with Crippen molar-refractivity contribution in [1.82, 2.24) is 0 Å². The monoisotopic (exact) mass is 395 g/mol. The van der Waals surface area contributed by atoms with E-state index in [1.54, 1.807) is 36.4 Å². The Morgan fingerprint density at radius 1 is 0.931 bits per heavy atom. The Bertz CT molecular complexity index is 973. The summed E-state index contributed by atoms with van der Waals surface area (Å²) in [4.78, 5) is 0. The van der Waals surface area contributed by atoms with Crippen molar-refractivity contribution in [2.75, 3.05) is 11.9 Å². The highest BCUT2D eigenvalue weighted by molar-refractivity contribution is 5.58. The van der Waals surface area contributed by atoms with Gasteiger partial charge in [-0.05, 0) is 77.9 Å². The van der Waals surface area contributed by atoms with Gasteiger partial charge in [-0.3, -0.25) is 0 Å². The largest absolute Gasteiger partial charge is 0.508 e. The molecular formula is C24H23F2NO2. The van der Waals surface area contributed by atoms with Crippen molar-refractivity contribution in [3.63, 3.8) is 0 Å². The molecule has 5 heteroatoms. The molecule has 0 aromatic heterocycles. The first-order valence-electron chi connectivity index (χ1n) is 9.77. The molecule has 0 bridgehead atoms. The molecule has 0 spiro atoms. The first kappa shape index (κ1) is 19.4. The molecule has 1 aliphatic heterocycles. The lowest BCUT2D eigenvalue weighted by atomic mass is 9.75. The maximum Gasteiger partial charge on any atom is 0.123 e. The zero-order valence-corrected chi connectivity index (χ0v) is 15.9. The number of fused-ring (bicyclic) bond motifs is 1. The lowest BCUT2D eigenvalue weighted by Crippen LogP contribution is -2.29. The van der Waals surface area contributed by atoms with Gasteiger partial charge in [0.25, 0.3) is 0 Å². The molecule has 3 aromatic rings. The quantitative estimate of drug-likeness (QED) is 0.545. The summed E-state index contributed by atoms with van der Waals surface area (Å²) in [5, 5.41) is 23.6. The van der Waals surface area contributed by atoms with Crippen molar-refractivity contribution in [1.29, 1.82) is 0 Å². The first-order chi connectivity index (χ1) is 14.0. The average molecular weight is 395 g/mol. The first-order valence-corrected chi connectivity index (χ1v) is 9.77. The molecule has 0 fully saturated rings. The summed E-state index contributed by atoms with van der Waals surface area (Å²) >= 11 is 0. The second kappa shape index (κ2) is 8.21. The van der Waals surface area contributed by atoms with Crippen molar-refractivity contribution in [2.24, 2.45) is 5.92 Å². The minimum Gasteiger partial charge on any atom is -0.508 e. The van der Waals surface area contributed by atoms with E-state index in [0.717, 1.165) is 16.8 Å². The van der Waals surface area contributed by atoms with Crippen LogP contribution in [-0.2, 0) is 0 Å². The van der Waals surface area contributed by atoms with Crippen molar-refractivity contribution >= 4 is 5.69 Å². The minimum atomic E-state index is -0.690. The van der Waals surface area contributed by atoms with Gasteiger partial charge in [0, 0.05) is 18.2 Å². The maximum atomic E-state index is 14.0. The standard InChI is InChI=1S/C24H23F2NO2/c25-18-6-1-15(2-7-18)23(29)12-5-17-14-27-22-11-8-19(26)13-21(22)24(17)16-3-9-20(28)10-4-16/h1-4,6-11,13,17,23-24,27-29H,5,12,14H2/t17-,23?,24+/m0/s1. The number of rotatable bonds is 5. The number of hydrogen-bond donors (Lipinski definition) is 3. The Morgan fingerprint density at radius 3 is 2.34 bits per heavy atom. The Hall–Kier alpha value is -2.92. The van der Waals surface area contributed by atoms with Gasteiger partial charge in [0.2, 0.25) is 0 Å². The number of phenols is 1. The van der Waals surface area contributed by atoms with Crippen LogP contribution in [0.15, 0.2) is 66.7 Å². The molecule has 3 atom stereocenters. The van der Waals surface area contributed by atoms with Gasteiger partial charge in [0.1, 0.15) is 17.4 Å². The van der Waals surface area contributed by atoms with Crippen LogP contribution in [0.2, 0.25) is 0 Å². The molecule has 0 saturated carbocycles. The molecule has 0 radical (unpaired) electrons. The Balaban J connectivity index is 1.59. The summed E-state index contributed by atoms with van der Waals surface area (Å²) < 4.78 is 27.1. The minimum absolute atomic E-state index is 0.0528. The molecule has 3 aromatic carbocycles. The van der Waals surface area contributed by atoms with Crippen LogP contribution < -0.4 is 5.32 Å². The van der Waals surface area contributed by atoms with Crippen molar-refractivity contribution < 1.29 is 19.0 Å². The number of hydrogen-bond acceptors (Lipinski definition) is 3. The number of nitrogens with one attached hydrogen (secondary N) is 1. The fraction of sp³-hybridized carbons (Fsp3) is 0.250. The molecule has 0 amide bonds. The number of anilines is 1. The number of aromatic hydroxyl groups is 1. The molecule has 1 unspecified atom stereocenters. The highest BCUT2D eigenvalue weighted by Gasteiger charge is 2.31. The van der Waals surface area contributed by atoms with E-state index in [4.69, 9.17) is 0 Å². The fourth-order valence-corrected chi connectivity index (χ4v) is 4.19. The molecule has 3 N–H and O–H groups in total. The fourth-order valence-electron chi connectivity index (χ4n) is 4.19. The SMILES string of the molecule is Oc1ccc([C@H]2c3cc(F)ccc3NC[C@@H]2CCC(O)c2ccc(F)cc2)cc1. The van der Waals surface area contributed by atoms with Gasteiger partial charge in [-0.2, -0.15) is 0 Å². The Morgan fingerprint density at radius 2 is 1.62 bits per heavy atom. The topological polar surface area (TPSA) is 52.5 Å². The normalized spacial score (nSPS) is 19.3. The lowest BCUT2D eigenvalue weighted by molar-refractivity contribution is 0.155. The highest BCUT2D eigenvalue weighted by atomic mass is 19.1. The van der Waals surface area contributed by atoms with E-state index in [1.165, 1.54) is 18.2 Å². The van der Waals surface area contributed by atoms with Gasteiger partial charge in [0.15, 0.2) is 0 Å². The van der Waals surface area contributed by atoms with E-state index in [-0.39, 0.29) is 29.2 Å². The third-order valence-electron chi connectivity index (χ3n) is 5.69. The Kier molecular flexibility index (Phi) is 5.49. The van der Waals surface area contributed by atoms with E-state index in [1.807, 2.05) is 12.1 Å². The number of phenolic OH excluding ortho intramolecular Hbond substituents is 1. The molecule has 1 heterocycles. The van der Waals surface area contributed by atoms with Gasteiger partial charge in [-0.25, -0.2) is 8.78 Å². The number of benzene rings is 3. The molecule has 0 aliphatic carbocycles. The van der Waals surface area contributed by atoms with Crippen LogP contribution in [0, 0.1) is 17.6 Å². The number of aliphatic hydroxyl groups excluding tert-OH is 1. The van der Waals surface area contributed by atoms with Crippen LogP contribution in [0.25, 0.3) is 0 Å². The lowest BCUT2D eigenvalue weighted by Gasteiger charge is -2.35. The van der Waals surface area contributed by atoms with Gasteiger partial charge in [-0.1, -0.05) is 24.3 Å². The number of aliphatic hydroxyl groups is 1. The van der Waals surface area contributed by atoms with E-state index >= 15 is 0 Å². The zero-order chi connectivity index (χ0) is 20.4. The smallest absolute Gasteiger partial charge is 0.123 e. The van der Waals surface area contributed by atoms with Gasteiger partial charge in [0.05, 0.1) is 6.10 Å². The third-order valence-corrected chi connectivity index (χ3v) is 5.69. The molecule has 1 aliphatic rings. The maximum absolute atomic E-state index is 14.0. The second-order valence-corrected chi connectivity index (χ2v) is 7.59. The van der Waals surface area contributed by atoms with Crippen molar-refractivity contribution in [3.05, 3.63) is 95.1 Å². The van der Waals surface area contributed by atoms with Crippen molar-refractivity contribution in [2.45, 2.75) is 24.9 Å². The van der Waals surface area contributed by atoms with E-state index < -0.39 is 6.10 Å². The van der Waals surface area contributed by atoms with Crippen LogP contribution in [0.3, 0.4) is 0 Å². The molecular weight excluding hydrogens is 372 g/mol. The van der Waals surface area contributed by atoms with E-state index in [9.17, 15) is 19.0 Å². The number of halogens is 2. The van der Waals surface area contributed by atoms with Gasteiger partial charge < -0.3 is 15.5 Å². The van der Waals surface area contributed by atoms with Crippen LogP contribution in [0.5, 0.6) is 5.75 Å². The van der Waals surface area contributed by atoms with Gasteiger partial charge in [-0.15, -0.1) is 0 Å². The van der Waals surface area contributed by atoms with Crippen LogP contribution >= 0.6 is 0 Å². The highest BCUT2D eigenvalue weighted by Crippen LogP contribution is 2.43. The summed E-state index contributed by atoms with van der Waals surface area (Å²) in [6.45, 7) is 0.695. The van der Waals surface area contributed by atoms with E-state index in [2.05, 4.69) is 5.32 Å². The van der Waals surface area contributed by atoms with Crippen LogP contribution in [0.4, 0.5) is 14.5 Å². The van der Waals surface area contributed by atoms with Crippen molar-refractivity contribution in [3.8, 4) is 5.75 Å². The van der Waals surface area contributed by atoms with Crippen LogP contribution in [0.1, 0.15) is 41.6 Å². The predicted octanol–water partition coefficient (Wildman–Crippen LogP) is 5.36. The molecule has 3 nitrogen and oxygen atoms in total. The van der Waals surface area contributed by atoms with E-state index in [0.29, 0.717) is 24.9 Å². The molecule has 0 saturated heterocycles. The Labute approximate surface area is 168 Å². The van der Waals surface area contributed by atoms with Gasteiger partial charge >= 0.3 is 0 Å². The third kappa shape index (κ3) is 4.25. The zero-order valence-electron chi connectivity index (χ0n) is 15.9. The second-order valence-electron chi connectivity index (χ2n) is 7.59.